The molecule has 1 saturated heterocycles. The number of nitrogens with zero attached hydrogens (tertiary/aromatic N) is 3. The monoisotopic (exact) mass is 302 g/mol. The van der Waals surface area contributed by atoms with E-state index in [9.17, 15) is 9.59 Å². The summed E-state index contributed by atoms with van der Waals surface area (Å²) in [6, 6.07) is 5.43. The van der Waals surface area contributed by atoms with Crippen molar-refractivity contribution in [1.82, 2.24) is 15.0 Å². The molecule has 0 amide bonds. The van der Waals surface area contributed by atoms with Crippen LogP contribution >= 0.6 is 0 Å². The number of ether oxygens (including phenoxy) is 2. The van der Waals surface area contributed by atoms with Gasteiger partial charge in [-0.3, -0.25) is 0 Å². The molecule has 2 heterocycles. The maximum absolute atomic E-state index is 11.8. The molecule has 1 aromatic carbocycles. The lowest BCUT2D eigenvalue weighted by molar-refractivity contribution is -0.222. The lowest BCUT2D eigenvalue weighted by atomic mass is 10.2. The number of benzene rings is 1. The Morgan fingerprint density at radius 1 is 1.23 bits per heavy atom. The maximum atomic E-state index is 11.8. The largest absolute Gasteiger partial charge is 0.419 e. The first-order valence-electron chi connectivity index (χ1n) is 6.59. The Hall–Kier alpha value is -2.90. The number of aromatic nitrogens is 3. The summed E-state index contributed by atoms with van der Waals surface area (Å²) in [6.45, 7) is 2.99. The zero-order valence-electron chi connectivity index (χ0n) is 12.3. The normalized spacial score (nSPS) is 17.1. The Morgan fingerprint density at radius 2 is 1.91 bits per heavy atom. The number of carbonyl (C=O) groups excluding carboxylic acids is 2. The van der Waals surface area contributed by atoms with Gasteiger partial charge in [0.05, 0.1) is 11.2 Å². The van der Waals surface area contributed by atoms with Crippen molar-refractivity contribution in [2.24, 2.45) is 7.05 Å². The summed E-state index contributed by atoms with van der Waals surface area (Å²) in [5.74, 6) is -2.73. The van der Waals surface area contributed by atoms with Crippen LogP contribution in [-0.4, -0.2) is 32.7 Å². The molecule has 2 aromatic rings. The van der Waals surface area contributed by atoms with Gasteiger partial charge in [-0.05, 0) is 12.1 Å². The van der Waals surface area contributed by atoms with Crippen LogP contribution in [0, 0.1) is 0 Å². The van der Waals surface area contributed by atoms with Crippen molar-refractivity contribution in [2.75, 3.05) is 5.32 Å². The van der Waals surface area contributed by atoms with E-state index in [1.807, 2.05) is 12.1 Å². The van der Waals surface area contributed by atoms with Crippen LogP contribution in [-0.2, 0) is 26.1 Å². The Morgan fingerprint density at radius 3 is 2.59 bits per heavy atom. The molecule has 0 spiro atoms. The molecule has 0 saturated carbocycles. The molecule has 1 fully saturated rings. The van der Waals surface area contributed by atoms with Gasteiger partial charge in [0.25, 0.3) is 5.79 Å². The van der Waals surface area contributed by atoms with Crippen LogP contribution in [0.4, 0.5) is 5.69 Å². The number of anilines is 1. The first-order chi connectivity index (χ1) is 10.4. The smallest absolute Gasteiger partial charge is 0.350 e. The second kappa shape index (κ2) is 4.83. The van der Waals surface area contributed by atoms with Gasteiger partial charge in [0.1, 0.15) is 5.52 Å². The van der Waals surface area contributed by atoms with Crippen molar-refractivity contribution >= 4 is 28.7 Å². The fourth-order valence-corrected chi connectivity index (χ4v) is 2.10. The van der Waals surface area contributed by atoms with E-state index in [1.165, 1.54) is 20.0 Å². The molecule has 3 rings (SSSR count). The van der Waals surface area contributed by atoms with Crippen LogP contribution in [0.2, 0.25) is 0 Å². The lowest BCUT2D eigenvalue weighted by Crippen LogP contribution is -2.42. The molecule has 0 aliphatic carbocycles. The average molecular weight is 302 g/mol. The van der Waals surface area contributed by atoms with Crippen molar-refractivity contribution in [1.29, 1.82) is 0 Å². The van der Waals surface area contributed by atoms with Gasteiger partial charge in [0, 0.05) is 27.1 Å². The van der Waals surface area contributed by atoms with Gasteiger partial charge in [-0.1, -0.05) is 11.3 Å². The number of esters is 2. The lowest BCUT2D eigenvalue weighted by Gasteiger charge is -2.29. The molecule has 1 N–H and O–H groups in total. The standard InChI is InChI=1S/C14H14N4O4/c1-14(2)21-12(19)8(13(20)22-14)7-15-9-5-4-6-10-11(9)16-17-18(10)3/h4-7,15H,1-3H3. The first-order valence-corrected chi connectivity index (χ1v) is 6.59. The van der Waals surface area contributed by atoms with E-state index in [1.54, 1.807) is 17.8 Å². The summed E-state index contributed by atoms with van der Waals surface area (Å²) in [6.07, 6.45) is 1.25. The van der Waals surface area contributed by atoms with E-state index in [-0.39, 0.29) is 5.57 Å². The first kappa shape index (κ1) is 14.1. The van der Waals surface area contributed by atoms with Crippen molar-refractivity contribution in [3.05, 3.63) is 30.0 Å². The minimum atomic E-state index is -1.25. The van der Waals surface area contributed by atoms with Crippen LogP contribution in [0.3, 0.4) is 0 Å². The number of fused-ring (bicyclic) bond motifs is 1. The number of carbonyl (C=O) groups is 2. The van der Waals surface area contributed by atoms with Crippen molar-refractivity contribution in [3.8, 4) is 0 Å². The Bertz CT molecular complexity index is 784. The third-order valence-electron chi connectivity index (χ3n) is 3.13. The SMILES string of the molecule is Cn1nnc2c(NC=C3C(=O)OC(C)(C)OC3=O)cccc21. The molecule has 0 radical (unpaired) electrons. The van der Waals surface area contributed by atoms with Crippen molar-refractivity contribution < 1.29 is 19.1 Å². The number of aryl methyl sites for hydroxylation is 1. The fourth-order valence-electron chi connectivity index (χ4n) is 2.10. The molecule has 22 heavy (non-hydrogen) atoms. The summed E-state index contributed by atoms with van der Waals surface area (Å²) in [5, 5.41) is 10.8. The highest BCUT2D eigenvalue weighted by atomic mass is 16.7. The van der Waals surface area contributed by atoms with E-state index in [0.29, 0.717) is 11.2 Å². The summed E-state index contributed by atoms with van der Waals surface area (Å²) < 4.78 is 11.7. The zero-order chi connectivity index (χ0) is 15.9. The molecule has 1 aliphatic heterocycles. The highest BCUT2D eigenvalue weighted by molar-refractivity contribution is 6.15. The second-order valence-corrected chi connectivity index (χ2v) is 5.27. The van der Waals surface area contributed by atoms with Gasteiger partial charge >= 0.3 is 11.9 Å². The van der Waals surface area contributed by atoms with E-state index in [4.69, 9.17) is 9.47 Å². The zero-order valence-corrected chi connectivity index (χ0v) is 12.3. The highest BCUT2D eigenvalue weighted by Gasteiger charge is 2.38. The molecular formula is C14H14N4O4. The fraction of sp³-hybridized carbons (Fsp3) is 0.286. The van der Waals surface area contributed by atoms with Crippen molar-refractivity contribution in [2.45, 2.75) is 19.6 Å². The molecule has 0 bridgehead atoms. The van der Waals surface area contributed by atoms with Crippen LogP contribution in [0.1, 0.15) is 13.8 Å². The number of nitrogens with one attached hydrogen (secondary N) is 1. The Kier molecular flexibility index (Phi) is 3.09. The minimum Gasteiger partial charge on any atom is -0.419 e. The third kappa shape index (κ3) is 2.39. The number of rotatable bonds is 2. The van der Waals surface area contributed by atoms with Crippen LogP contribution < -0.4 is 5.32 Å². The molecule has 1 aliphatic rings. The molecule has 1 aromatic heterocycles. The van der Waals surface area contributed by atoms with E-state index >= 15 is 0 Å². The number of hydrogen-bond acceptors (Lipinski definition) is 7. The maximum Gasteiger partial charge on any atom is 0.350 e. The number of cyclic esters (lactones) is 2. The predicted octanol–water partition coefficient (Wildman–Crippen LogP) is 1.10. The molecule has 0 atom stereocenters. The van der Waals surface area contributed by atoms with Crippen LogP contribution in [0.25, 0.3) is 11.0 Å². The topological polar surface area (TPSA) is 95.3 Å². The van der Waals surface area contributed by atoms with E-state index < -0.39 is 17.7 Å². The predicted molar refractivity (Wildman–Crippen MR) is 76.5 cm³/mol. The van der Waals surface area contributed by atoms with Crippen LogP contribution in [0.5, 0.6) is 0 Å². The van der Waals surface area contributed by atoms with Gasteiger partial charge in [0.15, 0.2) is 5.57 Å². The van der Waals surface area contributed by atoms with Gasteiger partial charge in [-0.15, -0.1) is 5.10 Å². The van der Waals surface area contributed by atoms with Crippen molar-refractivity contribution in [3.63, 3.8) is 0 Å². The molecule has 0 unspecified atom stereocenters. The average Bonchev–Trinajstić information content (AvgIpc) is 2.79. The van der Waals surface area contributed by atoms with Gasteiger partial charge in [0.2, 0.25) is 0 Å². The number of hydrogen-bond donors (Lipinski definition) is 1. The minimum absolute atomic E-state index is 0.208. The van der Waals surface area contributed by atoms with Gasteiger partial charge < -0.3 is 14.8 Å². The molecule has 8 heteroatoms. The summed E-state index contributed by atoms with van der Waals surface area (Å²) in [4.78, 5) is 23.7. The third-order valence-corrected chi connectivity index (χ3v) is 3.13. The Balaban J connectivity index is 1.90. The second-order valence-electron chi connectivity index (χ2n) is 5.27. The molecule has 8 nitrogen and oxygen atoms in total. The molecular weight excluding hydrogens is 288 g/mol. The van der Waals surface area contributed by atoms with Gasteiger partial charge in [-0.2, -0.15) is 0 Å². The quantitative estimate of drug-likeness (QED) is 0.504. The molecule has 114 valence electrons. The highest BCUT2D eigenvalue weighted by Crippen LogP contribution is 2.24. The summed E-state index contributed by atoms with van der Waals surface area (Å²) in [5.41, 5.74) is 1.85. The Labute approximate surface area is 125 Å². The summed E-state index contributed by atoms with van der Waals surface area (Å²) >= 11 is 0. The van der Waals surface area contributed by atoms with Crippen LogP contribution in [0.15, 0.2) is 30.0 Å². The summed E-state index contributed by atoms with van der Waals surface area (Å²) in [7, 11) is 1.77. The van der Waals surface area contributed by atoms with Gasteiger partial charge in [-0.25, -0.2) is 14.3 Å². The van der Waals surface area contributed by atoms with E-state index in [0.717, 1.165) is 5.52 Å². The van der Waals surface area contributed by atoms with E-state index in [2.05, 4.69) is 15.6 Å².